The van der Waals surface area contributed by atoms with Gasteiger partial charge in [-0.1, -0.05) is 38.0 Å². The molecular weight excluding hydrogens is 457 g/mol. The largest absolute Gasteiger partial charge is 0.440 e. The minimum Gasteiger partial charge on any atom is -0.440 e. The molecule has 1 atom stereocenters. The smallest absolute Gasteiger partial charge is 0.410 e. The van der Waals surface area contributed by atoms with Gasteiger partial charge in [-0.15, -0.1) is 0 Å². The zero-order valence-corrected chi connectivity index (χ0v) is 22.4. The molecule has 2 amide bonds. The van der Waals surface area contributed by atoms with Crippen LogP contribution in [0.15, 0.2) is 18.2 Å². The number of alkyl halides is 1. The second kappa shape index (κ2) is 11.9. The highest BCUT2D eigenvalue weighted by Crippen LogP contribution is 2.42. The first-order valence-electron chi connectivity index (χ1n) is 14.1. The second-order valence-electron chi connectivity index (χ2n) is 11.0. The van der Waals surface area contributed by atoms with Gasteiger partial charge in [0.05, 0.1) is 12.7 Å². The third kappa shape index (κ3) is 5.56. The van der Waals surface area contributed by atoms with Crippen LogP contribution in [0.3, 0.4) is 0 Å². The monoisotopic (exact) mass is 501 g/mol. The molecule has 0 bridgehead atoms. The van der Waals surface area contributed by atoms with E-state index < -0.39 is 5.60 Å². The molecule has 0 radical (unpaired) electrons. The number of nitrogens with zero attached hydrogens (tertiary/aromatic N) is 3. The predicted octanol–water partition coefficient (Wildman–Crippen LogP) is 5.50. The first-order chi connectivity index (χ1) is 17.4. The number of hydrogen-bond donors (Lipinski definition) is 0. The van der Waals surface area contributed by atoms with Crippen LogP contribution in [0.25, 0.3) is 0 Å². The molecule has 200 valence electrons. The number of piperidine rings is 2. The van der Waals surface area contributed by atoms with E-state index in [0.717, 1.165) is 87.8 Å². The number of likely N-dealkylation sites (tertiary alicyclic amines) is 2. The fraction of sp³-hybridized carbons (Fsp3) is 0.724. The summed E-state index contributed by atoms with van der Waals surface area (Å²) in [7, 11) is 0. The van der Waals surface area contributed by atoms with Crippen molar-refractivity contribution in [1.82, 2.24) is 14.7 Å². The molecule has 4 rings (SSSR count). The van der Waals surface area contributed by atoms with E-state index in [2.05, 4.69) is 11.8 Å². The first-order valence-corrected chi connectivity index (χ1v) is 14.1. The number of amides is 2. The highest BCUT2D eigenvalue weighted by molar-refractivity contribution is 5.97. The van der Waals surface area contributed by atoms with Gasteiger partial charge in [-0.2, -0.15) is 0 Å². The van der Waals surface area contributed by atoms with E-state index in [4.69, 9.17) is 4.74 Å². The zero-order valence-electron chi connectivity index (χ0n) is 22.4. The molecule has 3 fully saturated rings. The van der Waals surface area contributed by atoms with E-state index in [0.29, 0.717) is 25.4 Å². The molecule has 0 N–H and O–H groups in total. The molecule has 0 saturated carbocycles. The van der Waals surface area contributed by atoms with Gasteiger partial charge in [0.1, 0.15) is 5.60 Å². The Hall–Kier alpha value is -2.15. The lowest BCUT2D eigenvalue weighted by molar-refractivity contribution is -0.0382. The van der Waals surface area contributed by atoms with Crippen molar-refractivity contribution >= 4 is 12.0 Å². The zero-order chi connectivity index (χ0) is 25.7. The van der Waals surface area contributed by atoms with Crippen LogP contribution in [0, 0.1) is 13.8 Å². The van der Waals surface area contributed by atoms with E-state index in [9.17, 15) is 14.0 Å². The van der Waals surface area contributed by atoms with Crippen LogP contribution in [-0.2, 0) is 4.74 Å². The molecule has 3 saturated heterocycles. The van der Waals surface area contributed by atoms with Gasteiger partial charge in [-0.25, -0.2) is 4.79 Å². The fourth-order valence-corrected chi connectivity index (χ4v) is 6.60. The summed E-state index contributed by atoms with van der Waals surface area (Å²) in [5.41, 5.74) is 2.54. The summed E-state index contributed by atoms with van der Waals surface area (Å²) < 4.78 is 18.8. The molecule has 7 heteroatoms. The lowest BCUT2D eigenvalue weighted by Gasteiger charge is -2.46. The van der Waals surface area contributed by atoms with Crippen molar-refractivity contribution < 1.29 is 18.7 Å². The van der Waals surface area contributed by atoms with E-state index in [1.165, 1.54) is 0 Å². The molecule has 1 aromatic carbocycles. The molecular formula is C29H44FN3O3. The van der Waals surface area contributed by atoms with Gasteiger partial charge in [0, 0.05) is 57.2 Å². The van der Waals surface area contributed by atoms with Gasteiger partial charge in [0.2, 0.25) is 0 Å². The number of carbonyl (C=O) groups is 2. The number of ether oxygens (including phenoxy) is 1. The third-order valence-electron chi connectivity index (χ3n) is 8.73. The first kappa shape index (κ1) is 26.9. The van der Waals surface area contributed by atoms with Crippen LogP contribution in [0.4, 0.5) is 9.18 Å². The van der Waals surface area contributed by atoms with Crippen LogP contribution in [0.1, 0.15) is 86.2 Å². The Kier molecular flexibility index (Phi) is 8.91. The normalized spacial score (nSPS) is 22.9. The Bertz CT molecular complexity index is 887. The van der Waals surface area contributed by atoms with Crippen molar-refractivity contribution in [1.29, 1.82) is 0 Å². The Balaban J connectivity index is 1.33. The van der Waals surface area contributed by atoms with E-state index >= 15 is 0 Å². The molecule has 3 heterocycles. The highest BCUT2D eigenvalue weighted by atomic mass is 19.1. The number of carbonyl (C=O) groups excluding carboxylic acids is 2. The quantitative estimate of drug-likeness (QED) is 0.419. The standard InChI is InChI=1S/C29H44FN3O3/c1-4-5-11-25-29(36-28(35)33(25)17-7-6-16-30)14-20-31(21-15-29)24-12-18-32(19-13-24)27(34)26-22(2)9-8-10-23(26)3/h8-10,24-25H,4-7,11-21H2,1-3H3. The van der Waals surface area contributed by atoms with E-state index in [-0.39, 0.29) is 24.7 Å². The average molecular weight is 502 g/mol. The number of unbranched alkanes of at least 4 members (excludes halogenated alkanes) is 2. The molecule has 3 aliphatic rings. The van der Waals surface area contributed by atoms with Gasteiger partial charge >= 0.3 is 6.09 Å². The lowest BCUT2D eigenvalue weighted by atomic mass is 9.81. The Morgan fingerprint density at radius 2 is 1.72 bits per heavy atom. The number of halogens is 1. The van der Waals surface area contributed by atoms with Gasteiger partial charge in [0.25, 0.3) is 5.91 Å². The maximum Gasteiger partial charge on any atom is 0.410 e. The van der Waals surface area contributed by atoms with E-state index in [1.54, 1.807) is 0 Å². The van der Waals surface area contributed by atoms with Gasteiger partial charge in [-0.3, -0.25) is 14.1 Å². The molecule has 0 aromatic heterocycles. The molecule has 1 spiro atoms. The van der Waals surface area contributed by atoms with Crippen molar-refractivity contribution in [2.75, 3.05) is 39.4 Å². The van der Waals surface area contributed by atoms with E-state index in [1.807, 2.05) is 41.8 Å². The van der Waals surface area contributed by atoms with Crippen molar-refractivity contribution in [3.63, 3.8) is 0 Å². The Morgan fingerprint density at radius 1 is 1.06 bits per heavy atom. The fourth-order valence-electron chi connectivity index (χ4n) is 6.60. The lowest BCUT2D eigenvalue weighted by Crippen LogP contribution is -2.56. The molecule has 0 aliphatic carbocycles. The summed E-state index contributed by atoms with van der Waals surface area (Å²) in [6.07, 6.45) is 7.77. The summed E-state index contributed by atoms with van der Waals surface area (Å²) >= 11 is 0. The Morgan fingerprint density at radius 3 is 2.33 bits per heavy atom. The molecule has 3 aliphatic heterocycles. The van der Waals surface area contributed by atoms with Crippen molar-refractivity contribution in [2.45, 2.75) is 96.2 Å². The van der Waals surface area contributed by atoms with Crippen molar-refractivity contribution in [3.05, 3.63) is 34.9 Å². The van der Waals surface area contributed by atoms with Crippen LogP contribution < -0.4 is 0 Å². The summed E-state index contributed by atoms with van der Waals surface area (Å²) in [5.74, 6) is 0.158. The highest BCUT2D eigenvalue weighted by Gasteiger charge is 2.54. The van der Waals surface area contributed by atoms with Gasteiger partial charge in [0.15, 0.2) is 0 Å². The number of rotatable bonds is 9. The van der Waals surface area contributed by atoms with Crippen LogP contribution in [-0.4, -0.2) is 83.8 Å². The predicted molar refractivity (Wildman–Crippen MR) is 140 cm³/mol. The molecule has 1 aromatic rings. The topological polar surface area (TPSA) is 53.1 Å². The number of aryl methyl sites for hydroxylation is 2. The summed E-state index contributed by atoms with van der Waals surface area (Å²) in [6.45, 7) is 9.88. The maximum atomic E-state index is 13.2. The molecule has 36 heavy (non-hydrogen) atoms. The van der Waals surface area contributed by atoms with Crippen LogP contribution in [0.2, 0.25) is 0 Å². The maximum absolute atomic E-state index is 13.2. The minimum atomic E-state index is -0.405. The summed E-state index contributed by atoms with van der Waals surface area (Å²) in [4.78, 5) is 32.5. The molecule has 6 nitrogen and oxygen atoms in total. The van der Waals surface area contributed by atoms with Gasteiger partial charge < -0.3 is 14.5 Å². The van der Waals surface area contributed by atoms with Crippen LogP contribution >= 0.6 is 0 Å². The summed E-state index contributed by atoms with van der Waals surface area (Å²) in [5, 5.41) is 0. The molecule has 1 unspecified atom stereocenters. The number of benzene rings is 1. The van der Waals surface area contributed by atoms with Crippen LogP contribution in [0.5, 0.6) is 0 Å². The second-order valence-corrected chi connectivity index (χ2v) is 11.0. The minimum absolute atomic E-state index is 0.100. The third-order valence-corrected chi connectivity index (χ3v) is 8.73. The number of hydrogen-bond acceptors (Lipinski definition) is 4. The Labute approximate surface area is 216 Å². The van der Waals surface area contributed by atoms with Crippen molar-refractivity contribution in [2.24, 2.45) is 0 Å². The SMILES string of the molecule is CCCCC1N(CCCCF)C(=O)OC12CCN(C1CCN(C(=O)c3c(C)cccc3C)CC1)CC2. The van der Waals surface area contributed by atoms with Gasteiger partial charge in [-0.05, 0) is 57.1 Å². The average Bonchev–Trinajstić information content (AvgIpc) is 3.13. The summed E-state index contributed by atoms with van der Waals surface area (Å²) in [6, 6.07) is 6.61. The van der Waals surface area contributed by atoms with Crippen molar-refractivity contribution in [3.8, 4) is 0 Å².